The van der Waals surface area contributed by atoms with E-state index in [2.05, 4.69) is 15.4 Å². The highest BCUT2D eigenvalue weighted by Crippen LogP contribution is 2.40. The fourth-order valence-corrected chi connectivity index (χ4v) is 4.85. The number of sulfonamides is 1. The monoisotopic (exact) mass is 552 g/mol. The van der Waals surface area contributed by atoms with E-state index in [1.807, 2.05) is 0 Å². The van der Waals surface area contributed by atoms with E-state index >= 15 is 0 Å². The maximum absolute atomic E-state index is 13.5. The number of carbonyl (C=O) groups is 2. The molecule has 4 rings (SSSR count). The van der Waals surface area contributed by atoms with Crippen LogP contribution in [-0.2, 0) is 21.0 Å². The lowest BCUT2D eigenvalue weighted by atomic mass is 9.95. The highest BCUT2D eigenvalue weighted by atomic mass is 32.2. The number of anilines is 2. The number of carbonyl (C=O) groups excluding carboxylic acids is 2. The number of nitrogens with two attached hydrogens (primary N) is 1. The van der Waals surface area contributed by atoms with E-state index in [9.17, 15) is 31.2 Å². The van der Waals surface area contributed by atoms with Crippen molar-refractivity contribution in [2.75, 3.05) is 49.6 Å². The maximum atomic E-state index is 13.5. The van der Waals surface area contributed by atoms with Crippen molar-refractivity contribution in [3.8, 4) is 0 Å². The van der Waals surface area contributed by atoms with Gasteiger partial charge in [-0.2, -0.15) is 13.2 Å². The van der Waals surface area contributed by atoms with Gasteiger partial charge >= 0.3 is 12.2 Å². The van der Waals surface area contributed by atoms with Crippen molar-refractivity contribution in [2.45, 2.75) is 12.2 Å². The molecule has 2 aliphatic rings. The van der Waals surface area contributed by atoms with Crippen LogP contribution < -0.4 is 26.0 Å². The molecule has 0 bridgehead atoms. The lowest BCUT2D eigenvalue weighted by Crippen LogP contribution is -2.47. The topological polar surface area (TPSA) is 137 Å². The van der Waals surface area contributed by atoms with Gasteiger partial charge in [0.05, 0.1) is 41.4 Å². The van der Waals surface area contributed by atoms with E-state index < -0.39 is 33.8 Å². The van der Waals surface area contributed by atoms with Gasteiger partial charge in [0.2, 0.25) is 10.0 Å². The van der Waals surface area contributed by atoms with Crippen LogP contribution >= 0.6 is 0 Å². The predicted molar refractivity (Wildman–Crippen MR) is 135 cm³/mol. The second kappa shape index (κ2) is 10.6. The molecule has 38 heavy (non-hydrogen) atoms. The summed E-state index contributed by atoms with van der Waals surface area (Å²) in [6, 6.07) is 9.51. The van der Waals surface area contributed by atoms with Gasteiger partial charge in [0.25, 0.3) is 5.91 Å². The Kier molecular flexibility index (Phi) is 7.67. The summed E-state index contributed by atoms with van der Waals surface area (Å²) in [5, 5.41) is 5.80. The molecule has 3 amide bonds. The average molecular weight is 553 g/mol. The standard InChI is InChI=1S/C24H27F3N6O4S/c1-38(36,37)30-10-9-29-11-12-32-14-19-20(22(32)34)21(15-5-7-17(28)8-6-15)31-23(35)33(19)18-4-2-3-16(13-18)24(25,26)27/h2-8,13,21,29-30H,9-12,14,28H2,1H3,(H,31,35). The average Bonchev–Trinajstić information content (AvgIpc) is 3.16. The molecule has 0 saturated carbocycles. The molecular formula is C24H27F3N6O4S. The summed E-state index contributed by atoms with van der Waals surface area (Å²) in [7, 11) is -3.32. The number of benzene rings is 2. The van der Waals surface area contributed by atoms with E-state index in [1.165, 1.54) is 17.0 Å². The van der Waals surface area contributed by atoms with Gasteiger partial charge in [0, 0.05) is 31.9 Å². The molecule has 0 saturated heterocycles. The molecule has 204 valence electrons. The number of nitrogens with zero attached hydrogens (tertiary/aromatic N) is 2. The van der Waals surface area contributed by atoms with Crippen molar-refractivity contribution in [1.82, 2.24) is 20.3 Å². The van der Waals surface area contributed by atoms with Crippen molar-refractivity contribution < 1.29 is 31.2 Å². The fourth-order valence-electron chi connectivity index (χ4n) is 4.37. The number of hydrogen-bond donors (Lipinski definition) is 4. The van der Waals surface area contributed by atoms with Gasteiger partial charge in [-0.1, -0.05) is 18.2 Å². The third-order valence-corrected chi connectivity index (χ3v) is 6.85. The Morgan fingerprint density at radius 2 is 1.79 bits per heavy atom. The molecule has 0 spiro atoms. The van der Waals surface area contributed by atoms with Gasteiger partial charge in [0.15, 0.2) is 0 Å². The van der Waals surface area contributed by atoms with E-state index in [0.29, 0.717) is 30.0 Å². The van der Waals surface area contributed by atoms with Gasteiger partial charge < -0.3 is 21.3 Å². The van der Waals surface area contributed by atoms with Crippen LogP contribution in [0.25, 0.3) is 0 Å². The van der Waals surface area contributed by atoms with E-state index in [4.69, 9.17) is 5.73 Å². The van der Waals surface area contributed by atoms with Crippen LogP contribution in [0.2, 0.25) is 0 Å². The number of nitrogen functional groups attached to an aromatic ring is 1. The van der Waals surface area contributed by atoms with Gasteiger partial charge in [-0.3, -0.25) is 9.69 Å². The molecule has 1 atom stereocenters. The highest BCUT2D eigenvalue weighted by Gasteiger charge is 2.44. The predicted octanol–water partition coefficient (Wildman–Crippen LogP) is 1.79. The van der Waals surface area contributed by atoms with Crippen LogP contribution in [0, 0.1) is 0 Å². The van der Waals surface area contributed by atoms with Crippen LogP contribution in [0.5, 0.6) is 0 Å². The molecule has 0 fully saturated rings. The van der Waals surface area contributed by atoms with Crippen LogP contribution in [0.4, 0.5) is 29.3 Å². The Morgan fingerprint density at radius 1 is 1.08 bits per heavy atom. The number of nitrogens with one attached hydrogen (secondary N) is 3. The first kappa shape index (κ1) is 27.4. The van der Waals surface area contributed by atoms with E-state index in [1.54, 1.807) is 24.3 Å². The number of rotatable bonds is 9. The summed E-state index contributed by atoms with van der Waals surface area (Å²) in [5.74, 6) is -0.366. The van der Waals surface area contributed by atoms with Crippen molar-refractivity contribution >= 4 is 33.3 Å². The Morgan fingerprint density at radius 3 is 2.45 bits per heavy atom. The summed E-state index contributed by atoms with van der Waals surface area (Å²) in [5.41, 5.74) is 6.49. The third-order valence-electron chi connectivity index (χ3n) is 6.12. The number of amides is 3. The zero-order chi connectivity index (χ0) is 27.7. The number of hydrogen-bond acceptors (Lipinski definition) is 6. The van der Waals surface area contributed by atoms with Gasteiger partial charge in [0.1, 0.15) is 0 Å². The first-order chi connectivity index (χ1) is 17.8. The van der Waals surface area contributed by atoms with Crippen LogP contribution in [0.15, 0.2) is 59.8 Å². The zero-order valence-corrected chi connectivity index (χ0v) is 21.2. The van der Waals surface area contributed by atoms with E-state index in [0.717, 1.165) is 23.3 Å². The summed E-state index contributed by atoms with van der Waals surface area (Å²) < 4.78 is 64.9. The van der Waals surface area contributed by atoms with Crippen molar-refractivity contribution in [3.05, 3.63) is 70.9 Å². The lowest BCUT2D eigenvalue weighted by molar-refractivity contribution is -0.137. The van der Waals surface area contributed by atoms with Crippen LogP contribution in [0.3, 0.4) is 0 Å². The second-order valence-electron chi connectivity index (χ2n) is 8.94. The number of halogens is 3. The largest absolute Gasteiger partial charge is 0.416 e. The molecule has 10 nitrogen and oxygen atoms in total. The maximum Gasteiger partial charge on any atom is 0.416 e. The summed E-state index contributed by atoms with van der Waals surface area (Å²) >= 11 is 0. The molecule has 1 unspecified atom stereocenters. The summed E-state index contributed by atoms with van der Waals surface area (Å²) in [6.45, 7) is 1.06. The Balaban J connectivity index is 1.61. The number of alkyl halides is 3. The fraction of sp³-hybridized carbons (Fsp3) is 0.333. The van der Waals surface area contributed by atoms with Gasteiger partial charge in [-0.15, -0.1) is 0 Å². The zero-order valence-electron chi connectivity index (χ0n) is 20.4. The van der Waals surface area contributed by atoms with Crippen molar-refractivity contribution in [2.24, 2.45) is 0 Å². The van der Waals surface area contributed by atoms with Gasteiger partial charge in [-0.25, -0.2) is 17.9 Å². The first-order valence-electron chi connectivity index (χ1n) is 11.7. The molecule has 2 aromatic carbocycles. The molecule has 5 N–H and O–H groups in total. The quantitative estimate of drug-likeness (QED) is 0.277. The Labute approximate surface area is 217 Å². The lowest BCUT2D eigenvalue weighted by Gasteiger charge is -2.34. The first-order valence-corrected chi connectivity index (χ1v) is 13.6. The molecule has 0 aliphatic carbocycles. The Hall–Kier alpha value is -3.62. The molecule has 2 aliphatic heterocycles. The smallest absolute Gasteiger partial charge is 0.399 e. The molecule has 2 heterocycles. The SMILES string of the molecule is CS(=O)(=O)NCCNCCN1CC2=C(C1=O)C(c1ccc(N)cc1)NC(=O)N2c1cccc(C(F)(F)F)c1. The molecule has 2 aromatic rings. The number of urea groups is 1. The van der Waals surface area contributed by atoms with Crippen LogP contribution in [0.1, 0.15) is 17.2 Å². The van der Waals surface area contributed by atoms with Crippen LogP contribution in [-0.4, -0.2) is 64.2 Å². The normalized spacial score (nSPS) is 18.2. The van der Waals surface area contributed by atoms with Gasteiger partial charge in [-0.05, 0) is 35.9 Å². The Bertz CT molecular complexity index is 1360. The van der Waals surface area contributed by atoms with E-state index in [-0.39, 0.29) is 36.8 Å². The van der Waals surface area contributed by atoms with Crippen molar-refractivity contribution in [3.63, 3.8) is 0 Å². The molecular weight excluding hydrogens is 525 g/mol. The highest BCUT2D eigenvalue weighted by molar-refractivity contribution is 7.88. The third kappa shape index (κ3) is 6.09. The molecule has 0 radical (unpaired) electrons. The minimum Gasteiger partial charge on any atom is -0.399 e. The minimum absolute atomic E-state index is 0.00652. The summed E-state index contributed by atoms with van der Waals surface area (Å²) in [6.07, 6.45) is -3.56. The molecule has 14 heteroatoms. The second-order valence-corrected chi connectivity index (χ2v) is 10.8. The van der Waals surface area contributed by atoms with Crippen molar-refractivity contribution in [1.29, 1.82) is 0 Å². The molecule has 0 aromatic heterocycles. The summed E-state index contributed by atoms with van der Waals surface area (Å²) in [4.78, 5) is 29.4. The minimum atomic E-state index is -4.61.